The second-order valence-corrected chi connectivity index (χ2v) is 7.24. The number of benzene rings is 2. The van der Waals surface area contributed by atoms with Gasteiger partial charge in [0, 0.05) is 35.5 Å². The summed E-state index contributed by atoms with van der Waals surface area (Å²) >= 11 is 15.4. The van der Waals surface area contributed by atoms with Crippen LogP contribution < -0.4 is 5.32 Å². The summed E-state index contributed by atoms with van der Waals surface area (Å²) in [7, 11) is 0. The van der Waals surface area contributed by atoms with Crippen molar-refractivity contribution in [3.63, 3.8) is 0 Å². The highest BCUT2D eigenvalue weighted by Crippen LogP contribution is 2.22. The molecule has 128 valence electrons. The molecule has 1 N–H and O–H groups in total. The summed E-state index contributed by atoms with van der Waals surface area (Å²) in [6, 6.07) is 10.9. The molecule has 1 aromatic heterocycles. The minimum absolute atomic E-state index is 0.153. The molecule has 0 fully saturated rings. The van der Waals surface area contributed by atoms with Crippen LogP contribution in [0, 0.1) is 0 Å². The molecule has 3 rings (SSSR count). The third kappa shape index (κ3) is 4.84. The van der Waals surface area contributed by atoms with E-state index in [0.29, 0.717) is 28.7 Å². The average molecular weight is 439 g/mol. The van der Waals surface area contributed by atoms with Gasteiger partial charge in [-0.1, -0.05) is 45.2 Å². The van der Waals surface area contributed by atoms with E-state index in [2.05, 4.69) is 26.2 Å². The number of imidazole rings is 1. The maximum Gasteiger partial charge on any atom is 0.251 e. The van der Waals surface area contributed by atoms with Gasteiger partial charge in [0.15, 0.2) is 0 Å². The van der Waals surface area contributed by atoms with Gasteiger partial charge in [0.25, 0.3) is 5.91 Å². The number of nitrogens with one attached hydrogen (secondary N) is 1. The van der Waals surface area contributed by atoms with Gasteiger partial charge in [-0.25, -0.2) is 4.98 Å². The highest BCUT2D eigenvalue weighted by molar-refractivity contribution is 9.10. The summed E-state index contributed by atoms with van der Waals surface area (Å²) in [5.74, 6) is -0.153. The number of hydrogen-bond acceptors (Lipinski definition) is 2. The fourth-order valence-electron chi connectivity index (χ4n) is 2.40. The molecule has 2 aromatic carbocycles. The molecule has 0 spiro atoms. The maximum atomic E-state index is 12.5. The highest BCUT2D eigenvalue weighted by atomic mass is 79.9. The number of amides is 1. The second-order valence-electron chi connectivity index (χ2n) is 5.51. The Balaban J connectivity index is 1.70. The van der Waals surface area contributed by atoms with Gasteiger partial charge >= 0.3 is 0 Å². The summed E-state index contributed by atoms with van der Waals surface area (Å²) in [5, 5.41) is 3.86. The van der Waals surface area contributed by atoms with E-state index in [4.69, 9.17) is 23.2 Å². The number of aromatic nitrogens is 2. The molecule has 25 heavy (non-hydrogen) atoms. The van der Waals surface area contributed by atoms with E-state index in [1.54, 1.807) is 30.7 Å². The van der Waals surface area contributed by atoms with Gasteiger partial charge in [0.1, 0.15) is 0 Å². The molecule has 0 aliphatic carbocycles. The van der Waals surface area contributed by atoms with E-state index in [0.717, 1.165) is 15.6 Å². The zero-order valence-corrected chi connectivity index (χ0v) is 16.1. The van der Waals surface area contributed by atoms with E-state index >= 15 is 0 Å². The number of carbonyl (C=O) groups excluding carboxylic acids is 1. The molecule has 1 heterocycles. The molecule has 0 bridgehead atoms. The SMILES string of the molecule is O=C(NCc1ccc(Cl)c(Cl)c1)c1cc(Br)cc(Cn2ccnc2)c1. The molecule has 0 saturated carbocycles. The first-order chi connectivity index (χ1) is 12.0. The summed E-state index contributed by atoms with van der Waals surface area (Å²) in [4.78, 5) is 16.5. The Morgan fingerprint density at radius 1 is 1.12 bits per heavy atom. The van der Waals surface area contributed by atoms with Crippen molar-refractivity contribution in [1.29, 1.82) is 0 Å². The zero-order valence-electron chi connectivity index (χ0n) is 13.0. The lowest BCUT2D eigenvalue weighted by Gasteiger charge is -2.09. The van der Waals surface area contributed by atoms with Crippen LogP contribution >= 0.6 is 39.1 Å². The number of rotatable bonds is 5. The molecule has 0 unspecified atom stereocenters. The molecule has 0 atom stereocenters. The predicted molar refractivity (Wildman–Crippen MR) is 103 cm³/mol. The Morgan fingerprint density at radius 3 is 2.68 bits per heavy atom. The molecule has 1 amide bonds. The summed E-state index contributed by atoms with van der Waals surface area (Å²) < 4.78 is 2.80. The highest BCUT2D eigenvalue weighted by Gasteiger charge is 2.09. The van der Waals surface area contributed by atoms with Crippen molar-refractivity contribution >= 4 is 45.0 Å². The van der Waals surface area contributed by atoms with Gasteiger partial charge in [0.05, 0.1) is 16.4 Å². The van der Waals surface area contributed by atoms with Crippen LogP contribution in [0.3, 0.4) is 0 Å². The van der Waals surface area contributed by atoms with Crippen molar-refractivity contribution in [1.82, 2.24) is 14.9 Å². The van der Waals surface area contributed by atoms with Gasteiger partial charge < -0.3 is 9.88 Å². The monoisotopic (exact) mass is 437 g/mol. The smallest absolute Gasteiger partial charge is 0.251 e. The number of halogens is 3. The van der Waals surface area contributed by atoms with E-state index in [1.165, 1.54) is 0 Å². The van der Waals surface area contributed by atoms with Crippen LogP contribution in [0.25, 0.3) is 0 Å². The topological polar surface area (TPSA) is 46.9 Å². The zero-order chi connectivity index (χ0) is 17.8. The second kappa shape index (κ2) is 8.04. The van der Waals surface area contributed by atoms with Gasteiger partial charge in [-0.3, -0.25) is 4.79 Å². The molecule has 0 saturated heterocycles. The molecular formula is C18H14BrCl2N3O. The van der Waals surface area contributed by atoms with E-state index in [-0.39, 0.29) is 5.91 Å². The number of nitrogens with zero attached hydrogens (tertiary/aromatic N) is 2. The van der Waals surface area contributed by atoms with Crippen LogP contribution in [0.1, 0.15) is 21.5 Å². The summed E-state index contributed by atoms with van der Waals surface area (Å²) in [6.07, 6.45) is 5.35. The van der Waals surface area contributed by atoms with Crippen molar-refractivity contribution in [2.75, 3.05) is 0 Å². The van der Waals surface area contributed by atoms with E-state index in [1.807, 2.05) is 29.0 Å². The molecule has 0 radical (unpaired) electrons. The normalized spacial score (nSPS) is 10.7. The van der Waals surface area contributed by atoms with Crippen LogP contribution in [0.5, 0.6) is 0 Å². The van der Waals surface area contributed by atoms with Gasteiger partial charge in [-0.2, -0.15) is 0 Å². The number of hydrogen-bond donors (Lipinski definition) is 1. The minimum Gasteiger partial charge on any atom is -0.348 e. The summed E-state index contributed by atoms with van der Waals surface area (Å²) in [5.41, 5.74) is 2.48. The van der Waals surface area contributed by atoms with Crippen LogP contribution in [0.2, 0.25) is 10.0 Å². The van der Waals surface area contributed by atoms with Crippen LogP contribution in [-0.4, -0.2) is 15.5 Å². The average Bonchev–Trinajstić information content (AvgIpc) is 3.08. The number of carbonyl (C=O) groups is 1. The lowest BCUT2D eigenvalue weighted by Crippen LogP contribution is -2.23. The Bertz CT molecular complexity index is 897. The maximum absolute atomic E-state index is 12.5. The van der Waals surface area contributed by atoms with Crippen molar-refractivity contribution in [3.8, 4) is 0 Å². The summed E-state index contributed by atoms with van der Waals surface area (Å²) in [6.45, 7) is 1.02. The molecule has 3 aromatic rings. The van der Waals surface area contributed by atoms with Crippen molar-refractivity contribution in [3.05, 3.63) is 86.3 Å². The lowest BCUT2D eigenvalue weighted by atomic mass is 10.1. The van der Waals surface area contributed by atoms with E-state index < -0.39 is 0 Å². The van der Waals surface area contributed by atoms with Crippen molar-refractivity contribution < 1.29 is 4.79 Å². The van der Waals surface area contributed by atoms with Crippen molar-refractivity contribution in [2.24, 2.45) is 0 Å². The lowest BCUT2D eigenvalue weighted by molar-refractivity contribution is 0.0950. The predicted octanol–water partition coefficient (Wildman–Crippen LogP) is 4.93. The van der Waals surface area contributed by atoms with E-state index in [9.17, 15) is 4.79 Å². The molecule has 7 heteroatoms. The molecular weight excluding hydrogens is 425 g/mol. The fourth-order valence-corrected chi connectivity index (χ4v) is 3.26. The first-order valence-electron chi connectivity index (χ1n) is 7.48. The molecule has 0 aliphatic rings. The quantitative estimate of drug-likeness (QED) is 0.613. The Hall–Kier alpha value is -1.82. The first kappa shape index (κ1) is 18.0. The Kier molecular flexibility index (Phi) is 5.78. The van der Waals surface area contributed by atoms with Gasteiger partial charge in [0.2, 0.25) is 0 Å². The first-order valence-corrected chi connectivity index (χ1v) is 9.03. The largest absolute Gasteiger partial charge is 0.348 e. The van der Waals surface area contributed by atoms with Gasteiger partial charge in [-0.05, 0) is 41.5 Å². The minimum atomic E-state index is -0.153. The fraction of sp³-hybridized carbons (Fsp3) is 0.111. The molecule has 0 aliphatic heterocycles. The molecule has 4 nitrogen and oxygen atoms in total. The Labute approximate surface area is 163 Å². The van der Waals surface area contributed by atoms with Crippen LogP contribution in [-0.2, 0) is 13.1 Å². The Morgan fingerprint density at radius 2 is 1.96 bits per heavy atom. The van der Waals surface area contributed by atoms with Crippen molar-refractivity contribution in [2.45, 2.75) is 13.1 Å². The van der Waals surface area contributed by atoms with Crippen LogP contribution in [0.4, 0.5) is 0 Å². The third-order valence-electron chi connectivity index (χ3n) is 3.58. The third-order valence-corrected chi connectivity index (χ3v) is 4.78. The standard InChI is InChI=1S/C18H14BrCl2N3O/c19-15-6-13(10-24-4-3-22-11-24)5-14(8-15)18(25)23-9-12-1-2-16(20)17(21)7-12/h1-8,11H,9-10H2,(H,23,25). The van der Waals surface area contributed by atoms with Crippen LogP contribution in [0.15, 0.2) is 59.6 Å². The van der Waals surface area contributed by atoms with Gasteiger partial charge in [-0.15, -0.1) is 0 Å².